The molecule has 1 atom stereocenters. The molecule has 2 rings (SSSR count). The van der Waals surface area contributed by atoms with Crippen LogP contribution in [0.2, 0.25) is 0 Å². The van der Waals surface area contributed by atoms with E-state index in [1.54, 1.807) is 0 Å². The molecule has 6 heteroatoms. The summed E-state index contributed by atoms with van der Waals surface area (Å²) in [6.45, 7) is 1.95. The molecule has 20 heavy (non-hydrogen) atoms. The van der Waals surface area contributed by atoms with E-state index in [0.29, 0.717) is 0 Å². The Kier molecular flexibility index (Phi) is 3.52. The van der Waals surface area contributed by atoms with Crippen LogP contribution in [0.15, 0.2) is 18.2 Å². The first-order chi connectivity index (χ1) is 9.12. The molecule has 1 aliphatic rings. The third-order valence-corrected chi connectivity index (χ3v) is 3.54. The fraction of sp³-hybridized carbons (Fsp3) is 0.500. The molecule has 0 saturated heterocycles. The molecule has 2 nitrogen and oxygen atoms in total. The minimum absolute atomic E-state index is 0.0936. The van der Waals surface area contributed by atoms with Crippen molar-refractivity contribution in [1.82, 2.24) is 0 Å². The summed E-state index contributed by atoms with van der Waals surface area (Å²) in [5, 5.41) is 0. The minimum atomic E-state index is -4.39. The maximum Gasteiger partial charge on any atom is 0.394 e. The fourth-order valence-corrected chi connectivity index (χ4v) is 2.19. The number of alkyl halides is 3. The van der Waals surface area contributed by atoms with Crippen molar-refractivity contribution in [3.8, 4) is 5.75 Å². The van der Waals surface area contributed by atoms with Crippen molar-refractivity contribution in [2.75, 3.05) is 6.61 Å². The van der Waals surface area contributed by atoms with Crippen molar-refractivity contribution in [3.63, 3.8) is 0 Å². The Balaban J connectivity index is 2.22. The van der Waals surface area contributed by atoms with Crippen molar-refractivity contribution in [1.29, 1.82) is 0 Å². The molecule has 0 saturated carbocycles. The Hall–Kier alpha value is -1.59. The zero-order chi connectivity index (χ0) is 15.1. The van der Waals surface area contributed by atoms with E-state index >= 15 is 0 Å². The topological polar surface area (TPSA) is 26.3 Å². The molecule has 0 radical (unpaired) electrons. The maximum atomic E-state index is 13.0. The number of hydrogen-bond donors (Lipinski definition) is 0. The Morgan fingerprint density at radius 1 is 1.30 bits per heavy atom. The number of fused-ring (bicyclic) bond motifs is 1. The summed E-state index contributed by atoms with van der Waals surface area (Å²) in [6.07, 6.45) is -4.75. The molecule has 0 fully saturated rings. The van der Waals surface area contributed by atoms with Crippen molar-refractivity contribution in [3.05, 3.63) is 29.6 Å². The number of ketones is 1. The Bertz CT molecular complexity index is 534. The summed E-state index contributed by atoms with van der Waals surface area (Å²) in [6, 6.07) is 3.41. The molecule has 0 spiro atoms. The lowest BCUT2D eigenvalue weighted by Gasteiger charge is -2.33. The maximum absolute atomic E-state index is 13.0. The molecule has 0 aliphatic carbocycles. The van der Waals surface area contributed by atoms with Gasteiger partial charge in [0.1, 0.15) is 11.6 Å². The molecule has 0 bridgehead atoms. The van der Waals surface area contributed by atoms with Crippen LogP contribution in [0.3, 0.4) is 0 Å². The van der Waals surface area contributed by atoms with Gasteiger partial charge in [0.25, 0.3) is 0 Å². The van der Waals surface area contributed by atoms with Gasteiger partial charge in [-0.3, -0.25) is 4.79 Å². The molecule has 110 valence electrons. The molecule has 0 aromatic heterocycles. The summed E-state index contributed by atoms with van der Waals surface area (Å²) < 4.78 is 56.8. The monoisotopic (exact) mass is 290 g/mol. The predicted molar refractivity (Wildman–Crippen MR) is 64.2 cm³/mol. The predicted octanol–water partition coefficient (Wildman–Crippen LogP) is 4.00. The molecular weight excluding hydrogens is 276 g/mol. The minimum Gasteiger partial charge on any atom is -0.492 e. The quantitative estimate of drug-likeness (QED) is 0.770. The van der Waals surface area contributed by atoms with Gasteiger partial charge in [0.05, 0.1) is 23.5 Å². The highest BCUT2D eigenvalue weighted by Crippen LogP contribution is 2.44. The van der Waals surface area contributed by atoms with E-state index in [1.165, 1.54) is 6.07 Å². The summed E-state index contributed by atoms with van der Waals surface area (Å²) in [5.41, 5.74) is -1.84. The first-order valence-corrected chi connectivity index (χ1v) is 6.15. The highest BCUT2D eigenvalue weighted by molar-refractivity contribution is 6.01. The number of benzene rings is 1. The van der Waals surface area contributed by atoms with Crippen LogP contribution < -0.4 is 4.74 Å². The first-order valence-electron chi connectivity index (χ1n) is 6.15. The number of halogens is 4. The summed E-state index contributed by atoms with van der Waals surface area (Å²) in [4.78, 5) is 12.2. The highest BCUT2D eigenvalue weighted by Gasteiger charge is 2.49. The van der Waals surface area contributed by atoms with Crippen LogP contribution >= 0.6 is 0 Å². The molecule has 1 heterocycles. The smallest absolute Gasteiger partial charge is 0.394 e. The average molecular weight is 290 g/mol. The second-order valence-corrected chi connectivity index (χ2v) is 5.60. The van der Waals surface area contributed by atoms with Crippen LogP contribution in [0.1, 0.15) is 30.6 Å². The van der Waals surface area contributed by atoms with Crippen molar-refractivity contribution in [2.24, 2.45) is 11.3 Å². The molecule has 0 unspecified atom stereocenters. The van der Waals surface area contributed by atoms with Gasteiger partial charge in [0.2, 0.25) is 0 Å². The third-order valence-electron chi connectivity index (χ3n) is 3.54. The van der Waals surface area contributed by atoms with Gasteiger partial charge in [-0.2, -0.15) is 13.2 Å². The number of Topliss-reactive ketones (excluding diaryl/α,β-unsaturated/α-hetero) is 1. The van der Waals surface area contributed by atoms with E-state index < -0.39 is 29.1 Å². The SMILES string of the molecule is CC(C)(C[C@H]1COc2cc(F)ccc2C1=O)C(F)(F)F. The van der Waals surface area contributed by atoms with E-state index in [4.69, 9.17) is 4.74 Å². The molecule has 1 aromatic rings. The van der Waals surface area contributed by atoms with Gasteiger partial charge in [-0.25, -0.2) is 4.39 Å². The molecule has 1 aliphatic heterocycles. The van der Waals surface area contributed by atoms with Crippen LogP contribution in [0.5, 0.6) is 5.75 Å². The average Bonchev–Trinajstić information content (AvgIpc) is 2.31. The number of hydrogen-bond acceptors (Lipinski definition) is 2. The Morgan fingerprint density at radius 2 is 1.95 bits per heavy atom. The number of carbonyl (C=O) groups is 1. The van der Waals surface area contributed by atoms with Gasteiger partial charge in [-0.15, -0.1) is 0 Å². The van der Waals surface area contributed by atoms with Crippen LogP contribution in [0.25, 0.3) is 0 Å². The molecule has 1 aromatic carbocycles. The van der Waals surface area contributed by atoms with Crippen LogP contribution in [-0.2, 0) is 0 Å². The Labute approximate surface area is 113 Å². The normalized spacial score (nSPS) is 19.5. The van der Waals surface area contributed by atoms with E-state index in [9.17, 15) is 22.4 Å². The van der Waals surface area contributed by atoms with Crippen LogP contribution in [0.4, 0.5) is 17.6 Å². The van der Waals surface area contributed by atoms with Gasteiger partial charge in [0, 0.05) is 6.07 Å². The fourth-order valence-electron chi connectivity index (χ4n) is 2.19. The lowest BCUT2D eigenvalue weighted by atomic mass is 9.78. The first kappa shape index (κ1) is 14.8. The van der Waals surface area contributed by atoms with Crippen molar-refractivity contribution >= 4 is 5.78 Å². The van der Waals surface area contributed by atoms with Gasteiger partial charge in [0.15, 0.2) is 5.78 Å². The van der Waals surface area contributed by atoms with Crippen molar-refractivity contribution in [2.45, 2.75) is 26.4 Å². The Morgan fingerprint density at radius 3 is 2.55 bits per heavy atom. The van der Waals surface area contributed by atoms with E-state index in [2.05, 4.69) is 0 Å². The zero-order valence-corrected chi connectivity index (χ0v) is 11.1. The van der Waals surface area contributed by atoms with Crippen molar-refractivity contribution < 1.29 is 27.1 Å². The van der Waals surface area contributed by atoms with E-state index in [1.807, 2.05) is 0 Å². The van der Waals surface area contributed by atoms with Gasteiger partial charge in [-0.05, 0) is 18.6 Å². The summed E-state index contributed by atoms with van der Waals surface area (Å²) in [7, 11) is 0. The lowest BCUT2D eigenvalue weighted by molar-refractivity contribution is -0.216. The van der Waals surface area contributed by atoms with E-state index in [0.717, 1.165) is 26.0 Å². The van der Waals surface area contributed by atoms with Gasteiger partial charge < -0.3 is 4.74 Å². The number of carbonyl (C=O) groups excluding carboxylic acids is 1. The van der Waals surface area contributed by atoms with Gasteiger partial charge in [-0.1, -0.05) is 13.8 Å². The van der Waals surface area contributed by atoms with Crippen LogP contribution in [0, 0.1) is 17.2 Å². The number of rotatable bonds is 2. The highest BCUT2D eigenvalue weighted by atomic mass is 19.4. The molecular formula is C14H14F4O2. The lowest BCUT2D eigenvalue weighted by Crippen LogP contribution is -2.39. The largest absolute Gasteiger partial charge is 0.492 e. The second kappa shape index (κ2) is 4.75. The molecule has 0 N–H and O–H groups in total. The van der Waals surface area contributed by atoms with Gasteiger partial charge >= 0.3 is 6.18 Å². The zero-order valence-electron chi connectivity index (χ0n) is 11.1. The van der Waals surface area contributed by atoms with Crippen LogP contribution in [-0.4, -0.2) is 18.6 Å². The second-order valence-electron chi connectivity index (χ2n) is 5.60. The molecule has 0 amide bonds. The summed E-state index contributed by atoms with van der Waals surface area (Å²) in [5.74, 6) is -1.75. The number of ether oxygens (including phenoxy) is 1. The van der Waals surface area contributed by atoms with E-state index in [-0.39, 0.29) is 24.3 Å². The summed E-state index contributed by atoms with van der Waals surface area (Å²) >= 11 is 0. The standard InChI is InChI=1S/C14H14F4O2/c1-13(2,14(16,17)18)6-8-7-20-11-5-9(15)3-4-10(11)12(8)19/h3-5,8H,6-7H2,1-2H3/t8-/m0/s1. The third kappa shape index (κ3) is 2.64.